The van der Waals surface area contributed by atoms with Crippen LogP contribution in [0, 0.1) is 10.1 Å². The number of aromatic hydroxyl groups is 1. The van der Waals surface area contributed by atoms with Crippen molar-refractivity contribution in [3.8, 4) is 5.75 Å². The van der Waals surface area contributed by atoms with Crippen LogP contribution in [0.25, 0.3) is 0 Å². The molecule has 0 heterocycles. The average molecular weight is 261 g/mol. The molecule has 0 saturated carbocycles. The van der Waals surface area contributed by atoms with Crippen molar-refractivity contribution in [2.75, 3.05) is 17.8 Å². The Labute approximate surface area is 101 Å². The molecular weight excluding hydrogens is 252 g/mol. The summed E-state index contributed by atoms with van der Waals surface area (Å²) in [6.07, 6.45) is -0.773. The van der Waals surface area contributed by atoms with Crippen LogP contribution in [0.5, 0.6) is 5.75 Å². The second kappa shape index (κ2) is 5.90. The van der Waals surface area contributed by atoms with Crippen LogP contribution in [0.4, 0.5) is 16.2 Å². The zero-order valence-corrected chi connectivity index (χ0v) is 9.31. The normalized spacial score (nSPS) is 9.71. The number of benzene rings is 1. The maximum Gasteiger partial charge on any atom is 0.411 e. The van der Waals surface area contributed by atoms with E-state index >= 15 is 0 Å². The summed E-state index contributed by atoms with van der Waals surface area (Å²) in [7, 11) is 0. The molecule has 7 nitrogen and oxygen atoms in total. The predicted octanol–water partition coefficient (Wildman–Crippen LogP) is 2.09. The molecule has 92 valence electrons. The van der Waals surface area contributed by atoms with Gasteiger partial charge in [-0.3, -0.25) is 15.4 Å². The number of phenolic OH excluding ortho intramolecular Hbond substituents is 1. The summed E-state index contributed by atoms with van der Waals surface area (Å²) in [5.41, 5.74) is -0.353. The van der Waals surface area contributed by atoms with Gasteiger partial charge in [0.05, 0.1) is 16.5 Å². The third-order valence-electron chi connectivity index (χ3n) is 1.73. The highest BCUT2D eigenvalue weighted by atomic mass is 35.5. The Morgan fingerprint density at radius 3 is 2.88 bits per heavy atom. The van der Waals surface area contributed by atoms with E-state index in [1.165, 1.54) is 6.07 Å². The molecule has 1 amide bonds. The van der Waals surface area contributed by atoms with Gasteiger partial charge in [-0.15, -0.1) is 11.6 Å². The number of halogens is 1. The van der Waals surface area contributed by atoms with E-state index in [1.807, 2.05) is 0 Å². The van der Waals surface area contributed by atoms with Crippen molar-refractivity contribution in [3.63, 3.8) is 0 Å². The first kappa shape index (κ1) is 13.0. The monoisotopic (exact) mass is 260 g/mol. The molecule has 0 aromatic heterocycles. The highest BCUT2D eigenvalue weighted by Gasteiger charge is 2.14. The van der Waals surface area contributed by atoms with Gasteiger partial charge in [0.2, 0.25) is 0 Å². The number of phenols is 1. The van der Waals surface area contributed by atoms with Crippen molar-refractivity contribution < 1.29 is 19.6 Å². The highest BCUT2D eigenvalue weighted by Crippen LogP contribution is 2.28. The first-order valence-corrected chi connectivity index (χ1v) is 5.05. The van der Waals surface area contributed by atoms with Gasteiger partial charge < -0.3 is 9.84 Å². The SMILES string of the molecule is O=C(Nc1ccc(O)c([N+](=O)[O-])c1)OCCCl. The van der Waals surface area contributed by atoms with Crippen LogP contribution in [0.15, 0.2) is 18.2 Å². The zero-order valence-electron chi connectivity index (χ0n) is 8.55. The molecular formula is C9H9ClN2O5. The number of nitro benzene ring substituents is 1. The molecule has 0 aliphatic rings. The average Bonchev–Trinajstić information content (AvgIpc) is 2.28. The topological polar surface area (TPSA) is 102 Å². The Hall–Kier alpha value is -2.02. The molecule has 0 unspecified atom stereocenters. The van der Waals surface area contributed by atoms with Gasteiger partial charge in [-0.05, 0) is 12.1 Å². The van der Waals surface area contributed by atoms with E-state index in [1.54, 1.807) is 0 Å². The van der Waals surface area contributed by atoms with E-state index in [0.717, 1.165) is 12.1 Å². The number of anilines is 1. The van der Waals surface area contributed by atoms with Crippen LogP contribution < -0.4 is 5.32 Å². The van der Waals surface area contributed by atoms with Crippen molar-refractivity contribution in [2.24, 2.45) is 0 Å². The quantitative estimate of drug-likeness (QED) is 0.373. The van der Waals surface area contributed by atoms with E-state index in [9.17, 15) is 20.0 Å². The van der Waals surface area contributed by atoms with E-state index < -0.39 is 22.5 Å². The third-order valence-corrected chi connectivity index (χ3v) is 1.88. The molecule has 8 heteroatoms. The second-order valence-electron chi connectivity index (χ2n) is 2.91. The summed E-state index contributed by atoms with van der Waals surface area (Å²) in [4.78, 5) is 20.9. The molecule has 0 saturated heterocycles. The van der Waals surface area contributed by atoms with E-state index in [2.05, 4.69) is 10.1 Å². The zero-order chi connectivity index (χ0) is 12.8. The van der Waals surface area contributed by atoms with E-state index in [-0.39, 0.29) is 18.2 Å². The fraction of sp³-hybridized carbons (Fsp3) is 0.222. The predicted molar refractivity (Wildman–Crippen MR) is 60.5 cm³/mol. The summed E-state index contributed by atoms with van der Waals surface area (Å²) in [6.45, 7) is 0.0353. The second-order valence-corrected chi connectivity index (χ2v) is 3.29. The first-order chi connectivity index (χ1) is 8.04. The van der Waals surface area contributed by atoms with Crippen molar-refractivity contribution in [3.05, 3.63) is 28.3 Å². The van der Waals surface area contributed by atoms with Crippen molar-refractivity contribution >= 4 is 29.1 Å². The summed E-state index contributed by atoms with van der Waals surface area (Å²) in [6, 6.07) is 3.44. The van der Waals surface area contributed by atoms with Crippen LogP contribution in [-0.2, 0) is 4.74 Å². The Kier molecular flexibility index (Phi) is 4.53. The fourth-order valence-electron chi connectivity index (χ4n) is 1.03. The van der Waals surface area contributed by atoms with Gasteiger partial charge in [0.15, 0.2) is 5.75 Å². The Balaban J connectivity index is 2.75. The number of nitro groups is 1. The molecule has 17 heavy (non-hydrogen) atoms. The third kappa shape index (κ3) is 3.80. The summed E-state index contributed by atoms with van der Waals surface area (Å²) < 4.78 is 4.61. The van der Waals surface area contributed by atoms with Crippen molar-refractivity contribution in [1.82, 2.24) is 0 Å². The fourth-order valence-corrected chi connectivity index (χ4v) is 1.11. The number of nitrogens with one attached hydrogen (secondary N) is 1. The van der Waals surface area contributed by atoms with Gasteiger partial charge in [-0.25, -0.2) is 4.79 Å². The number of ether oxygens (including phenoxy) is 1. The molecule has 0 atom stereocenters. The number of carbonyl (C=O) groups is 1. The Morgan fingerprint density at radius 2 is 2.29 bits per heavy atom. The number of carbonyl (C=O) groups excluding carboxylic acids is 1. The maximum absolute atomic E-state index is 11.1. The lowest BCUT2D eigenvalue weighted by Gasteiger charge is -2.05. The standard InChI is InChI=1S/C9H9ClN2O5/c10-3-4-17-9(14)11-6-1-2-8(13)7(5-6)12(15)16/h1-2,5,13H,3-4H2,(H,11,14). The molecule has 0 fully saturated rings. The summed E-state index contributed by atoms with van der Waals surface area (Å²) in [5.74, 6) is -0.321. The molecule has 0 radical (unpaired) electrons. The van der Waals surface area contributed by atoms with Gasteiger partial charge in [0.25, 0.3) is 0 Å². The van der Waals surface area contributed by atoms with Crippen LogP contribution in [0.1, 0.15) is 0 Å². The lowest BCUT2D eigenvalue weighted by Crippen LogP contribution is -2.14. The number of amides is 1. The van der Waals surface area contributed by atoms with Crippen LogP contribution in [0.2, 0.25) is 0 Å². The smallest absolute Gasteiger partial charge is 0.411 e. The molecule has 0 bridgehead atoms. The summed E-state index contributed by atoms with van der Waals surface area (Å²) >= 11 is 5.31. The molecule has 0 aliphatic heterocycles. The molecule has 1 rings (SSSR count). The van der Waals surface area contributed by atoms with Crippen molar-refractivity contribution in [2.45, 2.75) is 0 Å². The van der Waals surface area contributed by atoms with Crippen molar-refractivity contribution in [1.29, 1.82) is 0 Å². The maximum atomic E-state index is 11.1. The number of alkyl halides is 1. The number of hydrogen-bond donors (Lipinski definition) is 2. The highest BCUT2D eigenvalue weighted by molar-refractivity contribution is 6.18. The Morgan fingerprint density at radius 1 is 1.59 bits per heavy atom. The van der Waals surface area contributed by atoms with Gasteiger partial charge >= 0.3 is 11.8 Å². The van der Waals surface area contributed by atoms with Crippen LogP contribution >= 0.6 is 11.6 Å². The minimum absolute atomic E-state index is 0.0353. The van der Waals surface area contributed by atoms with Gasteiger partial charge in [-0.2, -0.15) is 0 Å². The minimum atomic E-state index is -0.773. The van der Waals surface area contributed by atoms with E-state index in [4.69, 9.17) is 11.6 Å². The molecule has 2 N–H and O–H groups in total. The lowest BCUT2D eigenvalue weighted by molar-refractivity contribution is -0.385. The van der Waals surface area contributed by atoms with Crippen LogP contribution in [-0.4, -0.2) is 28.6 Å². The molecule has 0 aliphatic carbocycles. The van der Waals surface area contributed by atoms with Gasteiger partial charge in [0, 0.05) is 6.07 Å². The minimum Gasteiger partial charge on any atom is -0.502 e. The summed E-state index contributed by atoms with van der Waals surface area (Å²) in [5, 5.41) is 22.0. The number of hydrogen-bond acceptors (Lipinski definition) is 5. The van der Waals surface area contributed by atoms with Gasteiger partial charge in [0.1, 0.15) is 6.61 Å². The molecule has 1 aromatic rings. The van der Waals surface area contributed by atoms with Gasteiger partial charge in [-0.1, -0.05) is 0 Å². The van der Waals surface area contributed by atoms with E-state index in [0.29, 0.717) is 0 Å². The lowest BCUT2D eigenvalue weighted by atomic mass is 10.2. The van der Waals surface area contributed by atoms with Crippen LogP contribution in [0.3, 0.4) is 0 Å². The Bertz CT molecular complexity index is 437. The largest absolute Gasteiger partial charge is 0.502 e. The first-order valence-electron chi connectivity index (χ1n) is 4.51. The molecule has 1 aromatic carbocycles. The molecule has 0 spiro atoms. The number of nitrogens with zero attached hydrogens (tertiary/aromatic N) is 1. The number of rotatable bonds is 4.